The highest BCUT2D eigenvalue weighted by molar-refractivity contribution is 7.52. The second-order valence-electron chi connectivity index (χ2n) is 9.67. The van der Waals surface area contributed by atoms with E-state index in [0.29, 0.717) is 0 Å². The first-order valence-corrected chi connectivity index (χ1v) is 13.9. The van der Waals surface area contributed by atoms with Crippen molar-refractivity contribution in [3.8, 4) is 5.75 Å². The molecule has 218 valence electrons. The zero-order valence-corrected chi connectivity index (χ0v) is 23.8. The van der Waals surface area contributed by atoms with Gasteiger partial charge in [-0.25, -0.2) is 13.8 Å². The fourth-order valence-electron chi connectivity index (χ4n) is 3.57. The van der Waals surface area contributed by atoms with Crippen LogP contribution in [-0.2, 0) is 23.4 Å². The van der Waals surface area contributed by atoms with Gasteiger partial charge in [-0.05, 0) is 44.9 Å². The van der Waals surface area contributed by atoms with Gasteiger partial charge in [0.15, 0.2) is 12.4 Å². The zero-order valence-electron chi connectivity index (χ0n) is 22.9. The topological polar surface area (TPSA) is 164 Å². The number of nitrogens with two attached hydrogens (primary N) is 1. The third-order valence-corrected chi connectivity index (χ3v) is 7.88. The van der Waals surface area contributed by atoms with Gasteiger partial charge in [-0.15, -0.1) is 0 Å². The number of carbonyl (C=O) groups is 1. The van der Waals surface area contributed by atoms with Crippen molar-refractivity contribution in [2.24, 2.45) is 11.3 Å². The Morgan fingerprint density at radius 3 is 2.41 bits per heavy atom. The number of esters is 1. The fraction of sp³-hybridized carbons (Fsp3) is 0.560. The van der Waals surface area contributed by atoms with E-state index in [1.54, 1.807) is 51.1 Å². The number of hydrogen-bond acceptors (Lipinski definition) is 10. The molecule has 0 aliphatic heterocycles. The quantitative estimate of drug-likeness (QED) is 0.212. The maximum atomic E-state index is 16.0. The lowest BCUT2D eigenvalue weighted by atomic mass is 9.74. The Hall–Kier alpha value is -2.83. The molecule has 0 amide bonds. The third kappa shape index (κ3) is 8.58. The van der Waals surface area contributed by atoms with E-state index in [2.05, 4.69) is 10.1 Å². The van der Waals surface area contributed by atoms with Gasteiger partial charge in [0.05, 0.1) is 19.3 Å². The molecule has 0 saturated carbocycles. The van der Waals surface area contributed by atoms with E-state index < -0.39 is 61.9 Å². The molecule has 0 aliphatic carbocycles. The van der Waals surface area contributed by atoms with E-state index >= 15 is 4.39 Å². The van der Waals surface area contributed by atoms with Crippen molar-refractivity contribution in [3.05, 3.63) is 53.1 Å². The molecule has 12 nitrogen and oxygen atoms in total. The number of halogens is 1. The lowest BCUT2D eigenvalue weighted by Crippen LogP contribution is -2.47. The highest BCUT2D eigenvalue weighted by Crippen LogP contribution is 2.47. The van der Waals surface area contributed by atoms with Crippen LogP contribution in [0.15, 0.2) is 47.4 Å². The number of benzene rings is 1. The molecule has 1 heterocycles. The highest BCUT2D eigenvalue weighted by atomic mass is 31.2. The Bertz CT molecular complexity index is 1180. The van der Waals surface area contributed by atoms with Crippen molar-refractivity contribution in [1.82, 2.24) is 14.6 Å². The van der Waals surface area contributed by atoms with Crippen molar-refractivity contribution >= 4 is 19.5 Å². The van der Waals surface area contributed by atoms with Gasteiger partial charge in [0, 0.05) is 18.7 Å². The molecule has 0 radical (unpaired) electrons. The molecule has 0 saturated heterocycles. The lowest BCUT2D eigenvalue weighted by Gasteiger charge is -2.40. The van der Waals surface area contributed by atoms with E-state index in [-0.39, 0.29) is 18.2 Å². The van der Waals surface area contributed by atoms with Crippen LogP contribution in [0.5, 0.6) is 5.75 Å². The number of rotatable bonds is 15. The number of aliphatic hydroxyl groups is 1. The molecule has 39 heavy (non-hydrogen) atoms. The minimum absolute atomic E-state index is 0.0404. The number of hydrogen-bond donors (Lipinski definition) is 3. The van der Waals surface area contributed by atoms with Gasteiger partial charge in [-0.2, -0.15) is 10.1 Å². The van der Waals surface area contributed by atoms with Gasteiger partial charge >= 0.3 is 19.4 Å². The largest absolute Gasteiger partial charge is 0.462 e. The van der Waals surface area contributed by atoms with Crippen LogP contribution in [0, 0.1) is 11.3 Å². The van der Waals surface area contributed by atoms with Crippen LogP contribution in [0.25, 0.3) is 0 Å². The zero-order chi connectivity index (χ0) is 29.4. The molecule has 1 aromatic carbocycles. The smallest absolute Gasteiger partial charge is 0.459 e. The Kier molecular flexibility index (Phi) is 11.6. The summed E-state index contributed by atoms with van der Waals surface area (Å²) < 4.78 is 52.4. The minimum atomic E-state index is -4.23. The van der Waals surface area contributed by atoms with E-state index in [1.165, 1.54) is 33.2 Å². The summed E-state index contributed by atoms with van der Waals surface area (Å²) in [5.74, 6) is -1.32. The maximum absolute atomic E-state index is 16.0. The number of nitrogens with zero attached hydrogens (tertiary/aromatic N) is 2. The van der Waals surface area contributed by atoms with Crippen molar-refractivity contribution in [2.45, 2.75) is 59.2 Å². The molecule has 14 heteroatoms. The van der Waals surface area contributed by atoms with E-state index in [9.17, 15) is 19.3 Å². The van der Waals surface area contributed by atoms with Crippen molar-refractivity contribution in [1.29, 1.82) is 0 Å². The Labute approximate surface area is 227 Å². The first kappa shape index (κ1) is 32.4. The number of methoxy groups -OCH3 is 1. The number of carbonyl (C=O) groups excluding carboxylic acids is 1. The van der Waals surface area contributed by atoms with Gasteiger partial charge in [-0.3, -0.25) is 13.9 Å². The van der Waals surface area contributed by atoms with Crippen molar-refractivity contribution < 1.29 is 37.4 Å². The van der Waals surface area contributed by atoms with E-state index in [4.69, 9.17) is 24.3 Å². The van der Waals surface area contributed by atoms with Gasteiger partial charge in [-0.1, -0.05) is 32.0 Å². The molecule has 0 aliphatic rings. The second kappa shape index (κ2) is 14.0. The van der Waals surface area contributed by atoms with Gasteiger partial charge in [0.1, 0.15) is 17.6 Å². The standard InChI is InChI=1S/C25H38FN4O8P/c1-16(2)37-23(32)18(4)29-39(34,38-19-10-8-7-9-11-19)36-14-17(3)25(5,15-31)21(26)22(35-6)30-13-12-20(27)28-24(30)33/h7-13,16-18,21-22,31H,14-15H2,1-6H3,(H,29,34)(H2,27,28,33)/t17?,18-,21?,22?,25-,39?/m0/s1. The number of aliphatic hydroxyl groups excluding tert-OH is 1. The number of nitrogen functional groups attached to an aromatic ring is 1. The summed E-state index contributed by atoms with van der Waals surface area (Å²) >= 11 is 0. The average Bonchev–Trinajstić information content (AvgIpc) is 2.88. The number of anilines is 1. The fourth-order valence-corrected chi connectivity index (χ4v) is 5.15. The third-order valence-electron chi connectivity index (χ3n) is 6.23. The summed E-state index contributed by atoms with van der Waals surface area (Å²) in [5, 5.41) is 12.8. The van der Waals surface area contributed by atoms with E-state index in [1.807, 2.05) is 0 Å². The molecule has 0 bridgehead atoms. The molecule has 4 unspecified atom stereocenters. The number of alkyl halides is 1. The van der Waals surface area contributed by atoms with Crippen LogP contribution in [0.2, 0.25) is 0 Å². The molecule has 6 atom stereocenters. The monoisotopic (exact) mass is 572 g/mol. The van der Waals surface area contributed by atoms with Crippen LogP contribution in [-0.4, -0.2) is 59.3 Å². The normalized spacial score (nSPS) is 17.9. The summed E-state index contributed by atoms with van der Waals surface area (Å²) in [6.45, 7) is 6.75. The number of aromatic nitrogens is 2. The van der Waals surface area contributed by atoms with Gasteiger partial charge in [0.25, 0.3) is 0 Å². The van der Waals surface area contributed by atoms with Crippen LogP contribution in [0.4, 0.5) is 10.2 Å². The summed E-state index contributed by atoms with van der Waals surface area (Å²) in [5.41, 5.74) is 3.14. The minimum Gasteiger partial charge on any atom is -0.462 e. The summed E-state index contributed by atoms with van der Waals surface area (Å²) in [6, 6.07) is 8.40. The van der Waals surface area contributed by atoms with Gasteiger partial charge < -0.3 is 24.8 Å². The van der Waals surface area contributed by atoms with Crippen LogP contribution in [0.3, 0.4) is 0 Å². The molecule has 0 fully saturated rings. The SMILES string of the molecule is COC(C(F)[C@@](C)(CO)C(C)COP(=O)(N[C@@H](C)C(=O)OC(C)C)Oc1ccccc1)n1ccc(N)nc1=O. The maximum Gasteiger partial charge on any atom is 0.459 e. The molecular formula is C25H38FN4O8P. The molecular weight excluding hydrogens is 534 g/mol. The Balaban J connectivity index is 2.29. The number of ether oxygens (including phenoxy) is 2. The summed E-state index contributed by atoms with van der Waals surface area (Å²) in [4.78, 5) is 28.3. The van der Waals surface area contributed by atoms with E-state index in [0.717, 1.165) is 4.57 Å². The van der Waals surface area contributed by atoms with Crippen LogP contribution >= 0.6 is 7.75 Å². The predicted octanol–water partition coefficient (Wildman–Crippen LogP) is 3.08. The predicted molar refractivity (Wildman–Crippen MR) is 143 cm³/mol. The molecule has 4 N–H and O–H groups in total. The highest BCUT2D eigenvalue weighted by Gasteiger charge is 2.46. The van der Waals surface area contributed by atoms with Crippen LogP contribution in [0.1, 0.15) is 40.8 Å². The molecule has 2 rings (SSSR count). The van der Waals surface area contributed by atoms with Crippen molar-refractivity contribution in [3.63, 3.8) is 0 Å². The van der Waals surface area contributed by atoms with Crippen LogP contribution < -0.4 is 21.0 Å². The molecule has 2 aromatic rings. The lowest BCUT2D eigenvalue weighted by molar-refractivity contribution is -0.149. The number of para-hydroxylation sites is 1. The Morgan fingerprint density at radius 1 is 1.23 bits per heavy atom. The first-order chi connectivity index (χ1) is 18.3. The van der Waals surface area contributed by atoms with Gasteiger partial charge in [0.2, 0.25) is 0 Å². The second-order valence-corrected chi connectivity index (χ2v) is 11.4. The summed E-state index contributed by atoms with van der Waals surface area (Å²) in [6.07, 6.45) is -2.56. The Morgan fingerprint density at radius 2 is 1.87 bits per heavy atom. The summed E-state index contributed by atoms with van der Waals surface area (Å²) in [7, 11) is -3.02. The average molecular weight is 573 g/mol. The number of nitrogens with one attached hydrogen (secondary N) is 1. The molecule has 0 spiro atoms. The first-order valence-electron chi connectivity index (χ1n) is 12.4. The van der Waals surface area contributed by atoms with Crippen molar-refractivity contribution in [2.75, 3.05) is 26.1 Å². The molecule has 1 aromatic heterocycles.